The summed E-state index contributed by atoms with van der Waals surface area (Å²) < 4.78 is 5.29. The minimum Gasteiger partial charge on any atom is -0.496 e. The number of carbonyl (C=O) groups excluding carboxylic acids is 1. The van der Waals surface area contributed by atoms with E-state index in [2.05, 4.69) is 22.1 Å². The number of hydrogen-bond acceptors (Lipinski definition) is 4. The van der Waals surface area contributed by atoms with Crippen molar-refractivity contribution in [2.24, 2.45) is 5.73 Å². The highest BCUT2D eigenvalue weighted by molar-refractivity contribution is 7.08. The largest absolute Gasteiger partial charge is 0.496 e. The molecule has 0 atom stereocenters. The molecule has 1 saturated carbocycles. The summed E-state index contributed by atoms with van der Waals surface area (Å²) in [7, 11) is 1.58. The zero-order valence-corrected chi connectivity index (χ0v) is 14.8. The molecule has 1 fully saturated rings. The highest BCUT2D eigenvalue weighted by Crippen LogP contribution is 2.39. The molecule has 1 aliphatic carbocycles. The predicted molar refractivity (Wildman–Crippen MR) is 97.8 cm³/mol. The SMILES string of the molecule is COc1ccccc1C(=O)NCC1(c2ccsc2)CCC(N)CC1. The van der Waals surface area contributed by atoms with E-state index < -0.39 is 0 Å². The van der Waals surface area contributed by atoms with E-state index in [0.717, 1.165) is 25.7 Å². The molecule has 1 amide bonds. The minimum atomic E-state index is -0.0862. The smallest absolute Gasteiger partial charge is 0.255 e. The van der Waals surface area contributed by atoms with Crippen LogP contribution in [0, 0.1) is 0 Å². The van der Waals surface area contributed by atoms with Gasteiger partial charge in [0.25, 0.3) is 5.91 Å². The molecule has 0 radical (unpaired) electrons. The van der Waals surface area contributed by atoms with E-state index >= 15 is 0 Å². The van der Waals surface area contributed by atoms with Crippen molar-refractivity contribution in [1.29, 1.82) is 0 Å². The third kappa shape index (κ3) is 3.47. The Hall–Kier alpha value is -1.85. The summed E-state index contributed by atoms with van der Waals surface area (Å²) in [6.07, 6.45) is 4.02. The molecule has 3 rings (SSSR count). The van der Waals surface area contributed by atoms with E-state index in [4.69, 9.17) is 10.5 Å². The van der Waals surface area contributed by atoms with Gasteiger partial charge in [-0.05, 0) is 60.2 Å². The Labute approximate surface area is 147 Å². The molecule has 0 bridgehead atoms. The molecule has 1 heterocycles. The van der Waals surface area contributed by atoms with E-state index in [1.807, 2.05) is 18.2 Å². The summed E-state index contributed by atoms with van der Waals surface area (Å²) in [4.78, 5) is 12.6. The zero-order valence-electron chi connectivity index (χ0n) is 14.0. The molecule has 4 nitrogen and oxygen atoms in total. The van der Waals surface area contributed by atoms with E-state index in [-0.39, 0.29) is 17.4 Å². The first-order valence-electron chi connectivity index (χ1n) is 8.34. The van der Waals surface area contributed by atoms with Crippen molar-refractivity contribution in [1.82, 2.24) is 5.32 Å². The number of nitrogens with one attached hydrogen (secondary N) is 1. The molecule has 1 aromatic heterocycles. The van der Waals surface area contributed by atoms with Crippen LogP contribution in [0.1, 0.15) is 41.6 Å². The molecule has 2 aromatic rings. The number of rotatable bonds is 5. The maximum Gasteiger partial charge on any atom is 0.255 e. The van der Waals surface area contributed by atoms with Crippen molar-refractivity contribution >= 4 is 17.2 Å². The van der Waals surface area contributed by atoms with Crippen molar-refractivity contribution in [3.63, 3.8) is 0 Å². The van der Waals surface area contributed by atoms with Gasteiger partial charge in [0.05, 0.1) is 12.7 Å². The van der Waals surface area contributed by atoms with Gasteiger partial charge in [-0.3, -0.25) is 4.79 Å². The molecule has 0 unspecified atom stereocenters. The lowest BCUT2D eigenvalue weighted by molar-refractivity contribution is 0.0932. The average molecular weight is 344 g/mol. The molecule has 0 saturated heterocycles. The Bertz CT molecular complexity index is 676. The topological polar surface area (TPSA) is 64.3 Å². The first-order chi connectivity index (χ1) is 11.6. The van der Waals surface area contributed by atoms with Crippen LogP contribution in [0.15, 0.2) is 41.1 Å². The molecule has 3 N–H and O–H groups in total. The lowest BCUT2D eigenvalue weighted by atomic mass is 9.69. The summed E-state index contributed by atoms with van der Waals surface area (Å²) in [5.74, 6) is 0.516. The van der Waals surface area contributed by atoms with Gasteiger partial charge in [0.2, 0.25) is 0 Å². The quantitative estimate of drug-likeness (QED) is 0.874. The molecule has 0 aliphatic heterocycles. The van der Waals surface area contributed by atoms with Crippen molar-refractivity contribution in [3.05, 3.63) is 52.2 Å². The standard InChI is InChI=1S/C19H24N2O2S/c1-23-17-5-3-2-4-16(17)18(22)21-13-19(14-8-11-24-12-14)9-6-15(20)7-10-19/h2-5,8,11-12,15H,6-7,9-10,13,20H2,1H3,(H,21,22). The second-order valence-electron chi connectivity index (χ2n) is 6.51. The van der Waals surface area contributed by atoms with Gasteiger partial charge in [-0.1, -0.05) is 12.1 Å². The van der Waals surface area contributed by atoms with Gasteiger partial charge in [0, 0.05) is 18.0 Å². The summed E-state index contributed by atoms with van der Waals surface area (Å²) in [5.41, 5.74) is 7.98. The number of ether oxygens (including phenoxy) is 1. The number of benzene rings is 1. The van der Waals surface area contributed by atoms with Crippen molar-refractivity contribution in [2.45, 2.75) is 37.1 Å². The summed E-state index contributed by atoms with van der Waals surface area (Å²) in [6.45, 7) is 0.632. The molecule has 0 spiro atoms. The fraction of sp³-hybridized carbons (Fsp3) is 0.421. The van der Waals surface area contributed by atoms with Gasteiger partial charge >= 0.3 is 0 Å². The highest BCUT2D eigenvalue weighted by Gasteiger charge is 2.36. The van der Waals surface area contributed by atoms with Crippen LogP contribution < -0.4 is 15.8 Å². The molecule has 5 heteroatoms. The van der Waals surface area contributed by atoms with Crippen LogP contribution in [0.5, 0.6) is 5.75 Å². The summed E-state index contributed by atoms with van der Waals surface area (Å²) in [6, 6.07) is 9.78. The van der Waals surface area contributed by atoms with Crippen LogP contribution in [0.4, 0.5) is 0 Å². The lowest BCUT2D eigenvalue weighted by Gasteiger charge is -2.39. The first kappa shape index (κ1) is 17.0. The van der Waals surface area contributed by atoms with Crippen molar-refractivity contribution in [2.75, 3.05) is 13.7 Å². The normalized spacial score (nSPS) is 23.7. The van der Waals surface area contributed by atoms with Crippen LogP contribution in [-0.4, -0.2) is 25.6 Å². The number of thiophene rings is 1. The Morgan fingerprint density at radius 2 is 2.08 bits per heavy atom. The Morgan fingerprint density at radius 1 is 1.33 bits per heavy atom. The minimum absolute atomic E-state index is 0.00640. The lowest BCUT2D eigenvalue weighted by Crippen LogP contribution is -2.45. The van der Waals surface area contributed by atoms with Crippen LogP contribution in [-0.2, 0) is 5.41 Å². The third-order valence-corrected chi connectivity index (χ3v) is 5.74. The van der Waals surface area contributed by atoms with Crippen LogP contribution in [0.25, 0.3) is 0 Å². The molecular formula is C19H24N2O2S. The number of carbonyl (C=O) groups is 1. The fourth-order valence-electron chi connectivity index (χ4n) is 3.50. The number of amides is 1. The van der Waals surface area contributed by atoms with Gasteiger partial charge < -0.3 is 15.8 Å². The van der Waals surface area contributed by atoms with Gasteiger partial charge in [-0.25, -0.2) is 0 Å². The molecule has 1 aromatic carbocycles. The van der Waals surface area contributed by atoms with Crippen LogP contribution in [0.3, 0.4) is 0 Å². The monoisotopic (exact) mass is 344 g/mol. The number of nitrogens with two attached hydrogens (primary N) is 1. The third-order valence-electron chi connectivity index (χ3n) is 5.06. The Balaban J connectivity index is 1.76. The summed E-state index contributed by atoms with van der Waals surface area (Å²) >= 11 is 1.71. The molecule has 128 valence electrons. The second kappa shape index (κ2) is 7.36. The number of hydrogen-bond donors (Lipinski definition) is 2. The fourth-order valence-corrected chi connectivity index (χ4v) is 4.28. The molecule has 24 heavy (non-hydrogen) atoms. The zero-order chi connectivity index (χ0) is 17.0. The Kier molecular flexibility index (Phi) is 5.21. The average Bonchev–Trinajstić information content (AvgIpc) is 3.16. The number of methoxy groups -OCH3 is 1. The van der Waals surface area contributed by atoms with E-state index in [9.17, 15) is 4.79 Å². The van der Waals surface area contributed by atoms with Gasteiger partial charge in [-0.2, -0.15) is 11.3 Å². The van der Waals surface area contributed by atoms with Crippen molar-refractivity contribution < 1.29 is 9.53 Å². The van der Waals surface area contributed by atoms with Gasteiger partial charge in [0.15, 0.2) is 0 Å². The highest BCUT2D eigenvalue weighted by atomic mass is 32.1. The first-order valence-corrected chi connectivity index (χ1v) is 9.28. The predicted octanol–water partition coefficient (Wildman–Crippen LogP) is 3.33. The number of para-hydroxylation sites is 1. The molecular weight excluding hydrogens is 320 g/mol. The Morgan fingerprint density at radius 3 is 2.75 bits per heavy atom. The van der Waals surface area contributed by atoms with Crippen LogP contribution in [0.2, 0.25) is 0 Å². The van der Waals surface area contributed by atoms with Crippen molar-refractivity contribution in [3.8, 4) is 5.75 Å². The van der Waals surface area contributed by atoms with Gasteiger partial charge in [-0.15, -0.1) is 0 Å². The van der Waals surface area contributed by atoms with E-state index in [1.165, 1.54) is 5.56 Å². The molecule has 1 aliphatic rings. The van der Waals surface area contributed by atoms with Gasteiger partial charge in [0.1, 0.15) is 5.75 Å². The maximum absolute atomic E-state index is 12.6. The maximum atomic E-state index is 12.6. The van der Waals surface area contributed by atoms with E-state index in [0.29, 0.717) is 17.9 Å². The van der Waals surface area contributed by atoms with Crippen LogP contribution >= 0.6 is 11.3 Å². The van der Waals surface area contributed by atoms with E-state index in [1.54, 1.807) is 24.5 Å². The second-order valence-corrected chi connectivity index (χ2v) is 7.29. The summed E-state index contributed by atoms with van der Waals surface area (Å²) in [5, 5.41) is 7.44.